The molecule has 0 saturated heterocycles. The molecule has 3 rings (SSSR count). The predicted octanol–water partition coefficient (Wildman–Crippen LogP) is 3.29. The summed E-state index contributed by atoms with van der Waals surface area (Å²) in [6.45, 7) is 2.61. The smallest absolute Gasteiger partial charge is 0.270 e. The summed E-state index contributed by atoms with van der Waals surface area (Å²) in [5, 5.41) is 29.2. The summed E-state index contributed by atoms with van der Waals surface area (Å²) < 4.78 is 1.92. The molecule has 0 aliphatic carbocycles. The van der Waals surface area contributed by atoms with Gasteiger partial charge in [-0.2, -0.15) is 5.26 Å². The van der Waals surface area contributed by atoms with E-state index in [2.05, 4.69) is 15.2 Å². The van der Waals surface area contributed by atoms with E-state index in [0.29, 0.717) is 22.4 Å². The first kappa shape index (κ1) is 16.6. The van der Waals surface area contributed by atoms with Crippen molar-refractivity contribution in [2.24, 2.45) is 0 Å². The Labute approximate surface area is 147 Å². The summed E-state index contributed by atoms with van der Waals surface area (Å²) in [4.78, 5) is 14.9. The van der Waals surface area contributed by atoms with E-state index in [1.165, 1.54) is 23.9 Å². The summed E-state index contributed by atoms with van der Waals surface area (Å²) in [5.41, 5.74) is 1.01. The van der Waals surface area contributed by atoms with Crippen LogP contribution in [0.2, 0.25) is 0 Å². The summed E-state index contributed by atoms with van der Waals surface area (Å²) in [7, 11) is 0. The Balaban J connectivity index is 1.98. The zero-order chi connectivity index (χ0) is 17.8. The number of hydrogen-bond donors (Lipinski definition) is 0. The van der Waals surface area contributed by atoms with Crippen LogP contribution in [0.15, 0.2) is 52.8 Å². The van der Waals surface area contributed by atoms with Crippen LogP contribution in [0.25, 0.3) is 11.4 Å². The second-order valence-corrected chi connectivity index (χ2v) is 5.95. The minimum atomic E-state index is -0.522. The Bertz CT molecular complexity index is 965. The minimum absolute atomic E-state index is 0.115. The number of nitriles is 1. The highest BCUT2D eigenvalue weighted by Gasteiger charge is 2.17. The van der Waals surface area contributed by atoms with E-state index in [1.54, 1.807) is 18.5 Å². The maximum Gasteiger partial charge on any atom is 0.270 e. The number of benzene rings is 1. The number of nitro benzene ring substituents is 1. The first-order valence-electron chi connectivity index (χ1n) is 7.34. The molecule has 0 unspecified atom stereocenters. The molecular formula is C16H12N6O2S. The molecular weight excluding hydrogens is 340 g/mol. The monoisotopic (exact) mass is 352 g/mol. The van der Waals surface area contributed by atoms with Gasteiger partial charge in [-0.15, -0.1) is 10.2 Å². The van der Waals surface area contributed by atoms with Crippen molar-refractivity contribution >= 4 is 17.4 Å². The first-order valence-corrected chi connectivity index (χ1v) is 8.15. The summed E-state index contributed by atoms with van der Waals surface area (Å²) in [5.74, 6) is 0.702. The Morgan fingerprint density at radius 3 is 2.68 bits per heavy atom. The van der Waals surface area contributed by atoms with Crippen LogP contribution in [-0.2, 0) is 6.54 Å². The van der Waals surface area contributed by atoms with Gasteiger partial charge in [-0.05, 0) is 36.9 Å². The summed E-state index contributed by atoms with van der Waals surface area (Å²) in [6, 6.07) is 9.88. The maximum atomic E-state index is 10.9. The molecule has 25 heavy (non-hydrogen) atoms. The molecule has 3 aromatic rings. The fourth-order valence-electron chi connectivity index (χ4n) is 2.27. The number of pyridine rings is 1. The van der Waals surface area contributed by atoms with E-state index < -0.39 is 4.92 Å². The van der Waals surface area contributed by atoms with E-state index >= 15 is 0 Å². The number of non-ortho nitro benzene ring substituents is 1. The van der Waals surface area contributed by atoms with Gasteiger partial charge in [-0.25, -0.2) is 0 Å². The predicted molar refractivity (Wildman–Crippen MR) is 90.9 cm³/mol. The molecule has 0 saturated carbocycles. The average Bonchev–Trinajstić information content (AvgIpc) is 3.05. The van der Waals surface area contributed by atoms with Crippen molar-refractivity contribution in [3.05, 3.63) is 58.4 Å². The lowest BCUT2D eigenvalue weighted by Gasteiger charge is -2.08. The molecule has 9 heteroatoms. The molecule has 0 spiro atoms. The molecule has 0 N–H and O–H groups in total. The third-order valence-corrected chi connectivity index (χ3v) is 4.53. The zero-order valence-corrected chi connectivity index (χ0v) is 14.0. The lowest BCUT2D eigenvalue weighted by molar-refractivity contribution is -0.384. The molecule has 0 bridgehead atoms. The number of aromatic nitrogens is 4. The van der Waals surface area contributed by atoms with Crippen LogP contribution in [0.1, 0.15) is 12.5 Å². The van der Waals surface area contributed by atoms with E-state index in [9.17, 15) is 15.4 Å². The maximum absolute atomic E-state index is 10.9. The SMILES string of the molecule is CCn1c(Sc2ccc([N+](=O)[O-])cc2C#N)nnc1-c1ccncc1. The van der Waals surface area contributed by atoms with Gasteiger partial charge in [0.15, 0.2) is 11.0 Å². The quantitative estimate of drug-likeness (QED) is 0.511. The van der Waals surface area contributed by atoms with Gasteiger partial charge in [0.1, 0.15) is 6.07 Å². The normalized spacial score (nSPS) is 10.4. The number of hydrogen-bond acceptors (Lipinski definition) is 7. The van der Waals surface area contributed by atoms with Crippen molar-refractivity contribution in [3.63, 3.8) is 0 Å². The van der Waals surface area contributed by atoms with Crippen LogP contribution >= 0.6 is 11.8 Å². The second-order valence-electron chi connectivity index (χ2n) is 4.94. The molecule has 124 valence electrons. The van der Waals surface area contributed by atoms with Crippen LogP contribution < -0.4 is 0 Å². The van der Waals surface area contributed by atoms with Gasteiger partial charge in [-0.1, -0.05) is 0 Å². The van der Waals surface area contributed by atoms with Gasteiger partial charge in [-0.3, -0.25) is 15.1 Å². The molecule has 0 radical (unpaired) electrons. The molecule has 1 aromatic carbocycles. The average molecular weight is 352 g/mol. The molecule has 8 nitrogen and oxygen atoms in total. The number of nitro groups is 1. The molecule has 0 atom stereocenters. The largest absolute Gasteiger partial charge is 0.302 e. The van der Waals surface area contributed by atoms with Gasteiger partial charge in [0.05, 0.1) is 10.5 Å². The topological polar surface area (TPSA) is 111 Å². The van der Waals surface area contributed by atoms with Crippen molar-refractivity contribution in [1.29, 1.82) is 5.26 Å². The van der Waals surface area contributed by atoms with Crippen LogP contribution in [0.3, 0.4) is 0 Å². The highest BCUT2D eigenvalue weighted by atomic mass is 32.2. The molecule has 0 aliphatic rings. The van der Waals surface area contributed by atoms with Crippen molar-refractivity contribution in [1.82, 2.24) is 19.7 Å². The molecule has 0 aliphatic heterocycles. The van der Waals surface area contributed by atoms with E-state index in [1.807, 2.05) is 29.7 Å². The Kier molecular flexibility index (Phi) is 4.72. The standard InChI is InChI=1S/C16H12N6O2S/c1-2-21-15(11-5-7-18-8-6-11)19-20-16(21)25-14-4-3-13(22(23)24)9-12(14)10-17/h3-9H,2H2,1H3. The van der Waals surface area contributed by atoms with E-state index in [0.717, 1.165) is 5.56 Å². The third-order valence-electron chi connectivity index (χ3n) is 3.47. The minimum Gasteiger partial charge on any atom is -0.302 e. The van der Waals surface area contributed by atoms with Crippen LogP contribution in [0, 0.1) is 21.4 Å². The molecule has 2 aromatic heterocycles. The highest BCUT2D eigenvalue weighted by molar-refractivity contribution is 7.99. The van der Waals surface area contributed by atoms with Gasteiger partial charge in [0.2, 0.25) is 0 Å². The first-order chi connectivity index (χ1) is 12.1. The van der Waals surface area contributed by atoms with Crippen LogP contribution in [-0.4, -0.2) is 24.7 Å². The fourth-order valence-corrected chi connectivity index (χ4v) is 3.22. The summed E-state index contributed by atoms with van der Waals surface area (Å²) in [6.07, 6.45) is 3.36. The Morgan fingerprint density at radius 2 is 2.04 bits per heavy atom. The van der Waals surface area contributed by atoms with Crippen molar-refractivity contribution in [2.75, 3.05) is 0 Å². The van der Waals surface area contributed by atoms with Crippen molar-refractivity contribution in [2.45, 2.75) is 23.5 Å². The van der Waals surface area contributed by atoms with Gasteiger partial charge in [0.25, 0.3) is 5.69 Å². The third kappa shape index (κ3) is 3.34. The van der Waals surface area contributed by atoms with E-state index in [-0.39, 0.29) is 11.3 Å². The van der Waals surface area contributed by atoms with Crippen LogP contribution in [0.5, 0.6) is 0 Å². The Morgan fingerprint density at radius 1 is 1.28 bits per heavy atom. The molecule has 2 heterocycles. The van der Waals surface area contributed by atoms with Crippen LogP contribution in [0.4, 0.5) is 5.69 Å². The van der Waals surface area contributed by atoms with Crippen molar-refractivity contribution < 1.29 is 4.92 Å². The number of nitrogens with zero attached hydrogens (tertiary/aromatic N) is 6. The van der Waals surface area contributed by atoms with Gasteiger partial charge < -0.3 is 4.57 Å². The number of rotatable bonds is 5. The lowest BCUT2D eigenvalue weighted by Crippen LogP contribution is -2.00. The van der Waals surface area contributed by atoms with E-state index in [4.69, 9.17) is 0 Å². The van der Waals surface area contributed by atoms with Gasteiger partial charge in [0, 0.05) is 41.5 Å². The highest BCUT2D eigenvalue weighted by Crippen LogP contribution is 2.33. The molecule has 0 amide bonds. The fraction of sp³-hybridized carbons (Fsp3) is 0.125. The Hall–Kier alpha value is -3.25. The lowest BCUT2D eigenvalue weighted by atomic mass is 10.2. The second kappa shape index (κ2) is 7.11. The molecule has 0 fully saturated rings. The van der Waals surface area contributed by atoms with Gasteiger partial charge >= 0.3 is 0 Å². The zero-order valence-electron chi connectivity index (χ0n) is 13.2. The van der Waals surface area contributed by atoms with Crippen molar-refractivity contribution in [3.8, 4) is 17.5 Å². The summed E-state index contributed by atoms with van der Waals surface area (Å²) >= 11 is 1.25.